The summed E-state index contributed by atoms with van der Waals surface area (Å²) in [6.45, 7) is 0.179. The molecule has 0 bridgehead atoms. The number of carbonyl (C=O) groups is 1. The van der Waals surface area contributed by atoms with Gasteiger partial charge in [0.25, 0.3) is 5.91 Å². The Morgan fingerprint density at radius 1 is 0.838 bits per heavy atom. The molecule has 1 aliphatic heterocycles. The lowest BCUT2D eigenvalue weighted by Crippen LogP contribution is -2.47. The third kappa shape index (κ3) is 5.66. The summed E-state index contributed by atoms with van der Waals surface area (Å²) in [4.78, 5) is 15.2. The average Bonchev–Trinajstić information content (AvgIpc) is 2.90. The molecular formula is C25H21ClF5N3O3. The number of nitrogens with zero attached hydrogens (tertiary/aromatic N) is 2. The highest BCUT2D eigenvalue weighted by atomic mass is 35.5. The molecule has 0 unspecified atom stereocenters. The molecule has 0 radical (unpaired) electrons. The number of hydrogen-bond acceptors (Lipinski definition) is 5. The van der Waals surface area contributed by atoms with E-state index in [0.717, 1.165) is 4.90 Å². The van der Waals surface area contributed by atoms with Crippen LogP contribution in [0.1, 0.15) is 0 Å². The zero-order chi connectivity index (χ0) is 26.7. The van der Waals surface area contributed by atoms with Gasteiger partial charge in [-0.1, -0.05) is 11.6 Å². The van der Waals surface area contributed by atoms with Crippen molar-refractivity contribution < 1.29 is 36.2 Å². The Balaban J connectivity index is 1.35. The highest BCUT2D eigenvalue weighted by molar-refractivity contribution is 6.33. The molecule has 3 aromatic rings. The van der Waals surface area contributed by atoms with E-state index in [9.17, 15) is 26.7 Å². The molecule has 0 atom stereocenters. The number of rotatable bonds is 7. The van der Waals surface area contributed by atoms with Crippen LogP contribution in [0, 0.1) is 29.1 Å². The van der Waals surface area contributed by atoms with Crippen LogP contribution in [0.15, 0.2) is 42.5 Å². The fraction of sp³-hybridized carbons (Fsp3) is 0.240. The van der Waals surface area contributed by atoms with Crippen LogP contribution in [-0.4, -0.2) is 45.8 Å². The fourth-order valence-corrected chi connectivity index (χ4v) is 4.20. The van der Waals surface area contributed by atoms with Crippen molar-refractivity contribution in [3.8, 4) is 11.5 Å². The van der Waals surface area contributed by atoms with Gasteiger partial charge in [0.05, 0.1) is 17.8 Å². The minimum atomic E-state index is -2.19. The molecule has 0 spiro atoms. The first-order valence-corrected chi connectivity index (χ1v) is 11.4. The molecular weight excluding hydrogens is 521 g/mol. The predicted octanol–water partition coefficient (Wildman–Crippen LogP) is 5.39. The number of nitrogens with one attached hydrogen (secondary N) is 1. The summed E-state index contributed by atoms with van der Waals surface area (Å²) in [7, 11) is 1.54. The van der Waals surface area contributed by atoms with Crippen molar-refractivity contribution in [3.05, 3.63) is 76.6 Å². The van der Waals surface area contributed by atoms with Crippen LogP contribution in [0.5, 0.6) is 11.5 Å². The van der Waals surface area contributed by atoms with Gasteiger partial charge in [0, 0.05) is 31.9 Å². The molecule has 1 heterocycles. The lowest BCUT2D eigenvalue weighted by molar-refractivity contribution is -0.118. The van der Waals surface area contributed by atoms with E-state index in [0.29, 0.717) is 27.9 Å². The topological polar surface area (TPSA) is 54.0 Å². The van der Waals surface area contributed by atoms with E-state index >= 15 is 0 Å². The number of anilines is 3. The zero-order valence-electron chi connectivity index (χ0n) is 19.5. The molecule has 0 aliphatic carbocycles. The number of ether oxygens (including phenoxy) is 2. The summed E-state index contributed by atoms with van der Waals surface area (Å²) in [5.74, 6) is -9.13. The number of methoxy groups -OCH3 is 1. The second-order valence-electron chi connectivity index (χ2n) is 8.07. The third-order valence-corrected chi connectivity index (χ3v) is 6.09. The van der Waals surface area contributed by atoms with Crippen molar-refractivity contribution in [1.29, 1.82) is 0 Å². The SMILES string of the molecule is COc1ccc(OCC(=O)Nc2ccc(N3CCN(c4c(F)c(F)c(F)c(F)c4F)CC3)c(Cl)c2)cc1. The highest BCUT2D eigenvalue weighted by Crippen LogP contribution is 2.33. The van der Waals surface area contributed by atoms with E-state index in [1.165, 1.54) is 0 Å². The smallest absolute Gasteiger partial charge is 0.262 e. The van der Waals surface area contributed by atoms with Crippen LogP contribution >= 0.6 is 11.6 Å². The maximum atomic E-state index is 14.2. The monoisotopic (exact) mass is 541 g/mol. The number of hydrogen-bond donors (Lipinski definition) is 1. The molecule has 196 valence electrons. The van der Waals surface area contributed by atoms with Crippen LogP contribution in [0.25, 0.3) is 0 Å². The largest absolute Gasteiger partial charge is 0.497 e. The molecule has 1 saturated heterocycles. The Hall–Kier alpha value is -3.73. The van der Waals surface area contributed by atoms with Crippen LogP contribution in [0.3, 0.4) is 0 Å². The normalized spacial score (nSPS) is 13.5. The van der Waals surface area contributed by atoms with Gasteiger partial charge in [-0.3, -0.25) is 4.79 Å². The van der Waals surface area contributed by atoms with E-state index in [1.807, 2.05) is 4.90 Å². The zero-order valence-corrected chi connectivity index (χ0v) is 20.2. The Bertz CT molecular complexity index is 1270. The Labute approximate surface area is 214 Å². The number of piperazine rings is 1. The van der Waals surface area contributed by atoms with Gasteiger partial charge in [0.15, 0.2) is 29.9 Å². The minimum Gasteiger partial charge on any atom is -0.497 e. The molecule has 1 N–H and O–H groups in total. The first kappa shape index (κ1) is 26.3. The third-order valence-electron chi connectivity index (χ3n) is 5.78. The quantitative estimate of drug-likeness (QED) is 0.247. The molecule has 12 heteroatoms. The molecule has 37 heavy (non-hydrogen) atoms. The first-order chi connectivity index (χ1) is 17.7. The van der Waals surface area contributed by atoms with Crippen molar-refractivity contribution >= 4 is 34.6 Å². The van der Waals surface area contributed by atoms with E-state index in [2.05, 4.69) is 5.32 Å². The first-order valence-electron chi connectivity index (χ1n) is 11.1. The summed E-state index contributed by atoms with van der Waals surface area (Å²) in [5.41, 5.74) is 0.0698. The van der Waals surface area contributed by atoms with Crippen molar-refractivity contribution in [2.45, 2.75) is 0 Å². The second kappa shape index (κ2) is 11.1. The predicted molar refractivity (Wildman–Crippen MR) is 129 cm³/mol. The van der Waals surface area contributed by atoms with E-state index in [4.69, 9.17) is 21.1 Å². The van der Waals surface area contributed by atoms with Gasteiger partial charge in [0.2, 0.25) is 5.82 Å². The Morgan fingerprint density at radius 3 is 1.95 bits per heavy atom. The van der Waals surface area contributed by atoms with E-state index < -0.39 is 40.7 Å². The van der Waals surface area contributed by atoms with Gasteiger partial charge in [-0.2, -0.15) is 0 Å². The van der Waals surface area contributed by atoms with Crippen LogP contribution < -0.4 is 24.6 Å². The van der Waals surface area contributed by atoms with E-state index in [-0.39, 0.29) is 32.8 Å². The second-order valence-corrected chi connectivity index (χ2v) is 8.48. The standard InChI is InChI=1S/C25H21ClF5N3O3/c1-36-15-3-5-16(6-4-15)37-13-19(35)32-14-2-7-18(17(26)12-14)33-8-10-34(11-9-33)25-23(30)21(28)20(27)22(29)24(25)31/h2-7,12H,8-11,13H2,1H3,(H,32,35). The Morgan fingerprint density at radius 2 is 1.38 bits per heavy atom. The molecule has 1 aliphatic rings. The molecule has 4 rings (SSSR count). The number of benzene rings is 3. The van der Waals surface area contributed by atoms with Crippen LogP contribution in [0.2, 0.25) is 5.02 Å². The molecule has 0 aromatic heterocycles. The van der Waals surface area contributed by atoms with Gasteiger partial charge in [-0.05, 0) is 42.5 Å². The van der Waals surface area contributed by atoms with Gasteiger partial charge in [-0.15, -0.1) is 0 Å². The summed E-state index contributed by atoms with van der Waals surface area (Å²) >= 11 is 6.40. The molecule has 6 nitrogen and oxygen atoms in total. The van der Waals surface area contributed by atoms with Gasteiger partial charge in [-0.25, -0.2) is 22.0 Å². The van der Waals surface area contributed by atoms with Crippen molar-refractivity contribution in [2.24, 2.45) is 0 Å². The molecule has 3 aromatic carbocycles. The lowest BCUT2D eigenvalue weighted by Gasteiger charge is -2.38. The highest BCUT2D eigenvalue weighted by Gasteiger charge is 2.31. The van der Waals surface area contributed by atoms with Crippen molar-refractivity contribution in [3.63, 3.8) is 0 Å². The summed E-state index contributed by atoms with van der Waals surface area (Å²) in [5, 5.41) is 2.98. The number of halogens is 6. The van der Waals surface area contributed by atoms with Crippen molar-refractivity contribution in [2.75, 3.05) is 55.0 Å². The lowest BCUT2D eigenvalue weighted by atomic mass is 10.2. The van der Waals surface area contributed by atoms with E-state index in [1.54, 1.807) is 49.6 Å². The number of amides is 1. The minimum absolute atomic E-state index is 0.00410. The van der Waals surface area contributed by atoms with Gasteiger partial charge in [0.1, 0.15) is 17.2 Å². The summed E-state index contributed by atoms with van der Waals surface area (Å²) in [6.07, 6.45) is 0. The maximum absolute atomic E-state index is 14.2. The number of carbonyl (C=O) groups excluding carboxylic acids is 1. The summed E-state index contributed by atoms with van der Waals surface area (Å²) < 4.78 is 79.3. The molecule has 1 fully saturated rings. The fourth-order valence-electron chi connectivity index (χ4n) is 3.90. The molecule has 1 amide bonds. The van der Waals surface area contributed by atoms with Crippen LogP contribution in [-0.2, 0) is 4.79 Å². The van der Waals surface area contributed by atoms with Gasteiger partial charge < -0.3 is 24.6 Å². The average molecular weight is 542 g/mol. The van der Waals surface area contributed by atoms with Crippen LogP contribution in [0.4, 0.5) is 39.0 Å². The maximum Gasteiger partial charge on any atom is 0.262 e. The summed E-state index contributed by atoms with van der Waals surface area (Å²) in [6, 6.07) is 11.6. The van der Waals surface area contributed by atoms with Crippen molar-refractivity contribution in [1.82, 2.24) is 0 Å². The molecule has 0 saturated carbocycles. The van der Waals surface area contributed by atoms with Gasteiger partial charge >= 0.3 is 0 Å². The Kier molecular flexibility index (Phi) is 7.91.